The molecule has 0 amide bonds. The zero-order valence-corrected chi connectivity index (χ0v) is 13.3. The number of ether oxygens (including phenoxy) is 1. The van der Waals surface area contributed by atoms with E-state index in [1.54, 1.807) is 11.8 Å². The van der Waals surface area contributed by atoms with Gasteiger partial charge >= 0.3 is 5.97 Å². The van der Waals surface area contributed by atoms with Crippen LogP contribution in [-0.4, -0.2) is 34.3 Å². The van der Waals surface area contributed by atoms with Crippen molar-refractivity contribution in [2.24, 2.45) is 0 Å². The van der Waals surface area contributed by atoms with Crippen molar-refractivity contribution in [2.45, 2.75) is 44.2 Å². The van der Waals surface area contributed by atoms with Gasteiger partial charge in [-0.2, -0.15) is 0 Å². The lowest BCUT2D eigenvalue weighted by atomic mass is 10.0. The Morgan fingerprint density at radius 3 is 2.80 bits per heavy atom. The van der Waals surface area contributed by atoms with Crippen molar-refractivity contribution in [1.29, 1.82) is 0 Å². The van der Waals surface area contributed by atoms with Crippen LogP contribution in [0.1, 0.15) is 48.3 Å². The van der Waals surface area contributed by atoms with E-state index in [2.05, 4.69) is 36.1 Å². The van der Waals surface area contributed by atoms with Gasteiger partial charge in [-0.1, -0.05) is 20.8 Å². The Kier molecular flexibility index (Phi) is 4.65. The highest BCUT2D eigenvalue weighted by Crippen LogP contribution is 2.27. The number of carbonyl (C=O) groups is 1. The van der Waals surface area contributed by atoms with Gasteiger partial charge < -0.3 is 10.1 Å². The third kappa shape index (κ3) is 3.70. The standard InChI is InChI=1S/C14H21N3O2S/c1-14(2,3)20-8-11-16-10-7-15-6-5-9(10)12(17-11)13(18)19-4/h15H,5-8H2,1-4H3. The Morgan fingerprint density at radius 1 is 1.40 bits per heavy atom. The Morgan fingerprint density at radius 2 is 2.15 bits per heavy atom. The summed E-state index contributed by atoms with van der Waals surface area (Å²) in [6.45, 7) is 7.99. The number of rotatable bonds is 3. The van der Waals surface area contributed by atoms with E-state index in [0.717, 1.165) is 24.2 Å². The molecule has 0 fully saturated rings. The van der Waals surface area contributed by atoms with E-state index in [1.165, 1.54) is 7.11 Å². The number of esters is 1. The van der Waals surface area contributed by atoms with Gasteiger partial charge in [-0.3, -0.25) is 0 Å². The molecular weight excluding hydrogens is 274 g/mol. The van der Waals surface area contributed by atoms with Crippen LogP contribution in [0.25, 0.3) is 0 Å². The average Bonchev–Trinajstić information content (AvgIpc) is 2.42. The smallest absolute Gasteiger partial charge is 0.357 e. The summed E-state index contributed by atoms with van der Waals surface area (Å²) >= 11 is 1.77. The Bertz CT molecular complexity index is 512. The monoisotopic (exact) mass is 295 g/mol. The number of fused-ring (bicyclic) bond motifs is 1. The second-order valence-electron chi connectivity index (χ2n) is 5.73. The molecule has 2 heterocycles. The molecule has 0 aliphatic carbocycles. The average molecular weight is 295 g/mol. The first-order chi connectivity index (χ1) is 9.40. The molecule has 1 N–H and O–H groups in total. The van der Waals surface area contributed by atoms with Crippen LogP contribution in [-0.2, 0) is 23.5 Å². The zero-order chi connectivity index (χ0) is 14.8. The van der Waals surface area contributed by atoms with Gasteiger partial charge in [0.25, 0.3) is 0 Å². The third-order valence-electron chi connectivity index (χ3n) is 3.00. The van der Waals surface area contributed by atoms with E-state index in [1.807, 2.05) is 0 Å². The van der Waals surface area contributed by atoms with Crippen LogP contribution in [0.15, 0.2) is 0 Å². The van der Waals surface area contributed by atoms with Crippen LogP contribution in [0.3, 0.4) is 0 Å². The van der Waals surface area contributed by atoms with Crippen LogP contribution in [0.4, 0.5) is 0 Å². The third-order valence-corrected chi connectivity index (χ3v) is 4.26. The summed E-state index contributed by atoms with van der Waals surface area (Å²) in [5.41, 5.74) is 2.29. The molecule has 6 heteroatoms. The maximum absolute atomic E-state index is 11.9. The highest BCUT2D eigenvalue weighted by atomic mass is 32.2. The molecule has 2 rings (SSSR count). The number of nitrogens with one attached hydrogen (secondary N) is 1. The molecule has 1 aromatic heterocycles. The molecule has 5 nitrogen and oxygen atoms in total. The van der Waals surface area contributed by atoms with Crippen molar-refractivity contribution in [1.82, 2.24) is 15.3 Å². The van der Waals surface area contributed by atoms with Gasteiger partial charge in [0.2, 0.25) is 0 Å². The first-order valence-corrected chi connectivity index (χ1v) is 7.71. The molecule has 0 bridgehead atoms. The van der Waals surface area contributed by atoms with Crippen molar-refractivity contribution in [3.8, 4) is 0 Å². The van der Waals surface area contributed by atoms with Gasteiger partial charge in [0, 0.05) is 16.9 Å². The van der Waals surface area contributed by atoms with Crippen LogP contribution in [0.2, 0.25) is 0 Å². The van der Waals surface area contributed by atoms with E-state index in [4.69, 9.17) is 4.74 Å². The van der Waals surface area contributed by atoms with Gasteiger partial charge in [0.1, 0.15) is 5.82 Å². The fourth-order valence-electron chi connectivity index (χ4n) is 2.02. The second kappa shape index (κ2) is 6.10. The zero-order valence-electron chi connectivity index (χ0n) is 12.4. The van der Waals surface area contributed by atoms with Crippen LogP contribution >= 0.6 is 11.8 Å². The molecule has 0 atom stereocenters. The van der Waals surface area contributed by atoms with Gasteiger partial charge in [-0.05, 0) is 13.0 Å². The first-order valence-electron chi connectivity index (χ1n) is 6.72. The molecular formula is C14H21N3O2S. The summed E-state index contributed by atoms with van der Waals surface area (Å²) in [4.78, 5) is 20.9. The number of carbonyl (C=O) groups excluding carboxylic acids is 1. The fraction of sp³-hybridized carbons (Fsp3) is 0.643. The number of thioether (sulfide) groups is 1. The predicted octanol–water partition coefficient (Wildman–Crippen LogP) is 1.94. The second-order valence-corrected chi connectivity index (χ2v) is 7.54. The van der Waals surface area contributed by atoms with Crippen molar-refractivity contribution in [3.05, 3.63) is 22.8 Å². The van der Waals surface area contributed by atoms with Crippen molar-refractivity contribution >= 4 is 17.7 Å². The van der Waals surface area contributed by atoms with Crippen LogP contribution < -0.4 is 5.32 Å². The maximum atomic E-state index is 11.9. The van der Waals surface area contributed by atoms with Crippen molar-refractivity contribution in [3.63, 3.8) is 0 Å². The highest BCUT2D eigenvalue weighted by Gasteiger charge is 2.23. The summed E-state index contributed by atoms with van der Waals surface area (Å²) in [6, 6.07) is 0. The number of aromatic nitrogens is 2. The van der Waals surface area contributed by atoms with E-state index in [0.29, 0.717) is 23.8 Å². The molecule has 0 saturated carbocycles. The van der Waals surface area contributed by atoms with Gasteiger partial charge in [-0.15, -0.1) is 11.8 Å². The van der Waals surface area contributed by atoms with Gasteiger partial charge in [-0.25, -0.2) is 14.8 Å². The van der Waals surface area contributed by atoms with E-state index in [9.17, 15) is 4.79 Å². The largest absolute Gasteiger partial charge is 0.464 e. The summed E-state index contributed by atoms with van der Waals surface area (Å²) in [6.07, 6.45) is 0.770. The van der Waals surface area contributed by atoms with Crippen LogP contribution in [0.5, 0.6) is 0 Å². The quantitative estimate of drug-likeness (QED) is 0.860. The SMILES string of the molecule is COC(=O)c1nc(CSC(C)(C)C)nc2c1CCNC2. The molecule has 1 aromatic rings. The number of hydrogen-bond acceptors (Lipinski definition) is 6. The van der Waals surface area contributed by atoms with Crippen molar-refractivity contribution < 1.29 is 9.53 Å². The molecule has 0 saturated heterocycles. The molecule has 1 aliphatic heterocycles. The maximum Gasteiger partial charge on any atom is 0.357 e. The number of nitrogens with zero attached hydrogens (tertiary/aromatic N) is 2. The number of hydrogen-bond donors (Lipinski definition) is 1. The molecule has 110 valence electrons. The topological polar surface area (TPSA) is 64.1 Å². The summed E-state index contributed by atoms with van der Waals surface area (Å²) < 4.78 is 4.99. The van der Waals surface area contributed by atoms with E-state index < -0.39 is 0 Å². The summed E-state index contributed by atoms with van der Waals surface area (Å²) in [7, 11) is 1.39. The molecule has 20 heavy (non-hydrogen) atoms. The van der Waals surface area contributed by atoms with Gasteiger partial charge in [0.15, 0.2) is 5.69 Å². The minimum atomic E-state index is -0.368. The van der Waals surface area contributed by atoms with Crippen LogP contribution in [0, 0.1) is 0 Å². The first kappa shape index (κ1) is 15.3. The lowest BCUT2D eigenvalue weighted by Gasteiger charge is -2.20. The summed E-state index contributed by atoms with van der Waals surface area (Å²) in [5.74, 6) is 1.03. The Balaban J connectivity index is 2.32. The fourth-order valence-corrected chi connectivity index (χ4v) is 2.71. The highest BCUT2D eigenvalue weighted by molar-refractivity contribution is 7.99. The minimum absolute atomic E-state index is 0.142. The Labute approximate surface area is 123 Å². The molecule has 0 radical (unpaired) electrons. The Hall–Kier alpha value is -1.14. The molecule has 0 aromatic carbocycles. The predicted molar refractivity (Wildman–Crippen MR) is 79.8 cm³/mol. The lowest BCUT2D eigenvalue weighted by Crippen LogP contribution is -2.28. The molecule has 1 aliphatic rings. The minimum Gasteiger partial charge on any atom is -0.464 e. The number of methoxy groups -OCH3 is 1. The van der Waals surface area contributed by atoms with E-state index >= 15 is 0 Å². The summed E-state index contributed by atoms with van der Waals surface area (Å²) in [5, 5.41) is 3.28. The lowest BCUT2D eigenvalue weighted by molar-refractivity contribution is 0.0591. The van der Waals surface area contributed by atoms with Gasteiger partial charge in [0.05, 0.1) is 18.6 Å². The van der Waals surface area contributed by atoms with Crippen molar-refractivity contribution in [2.75, 3.05) is 13.7 Å². The molecule has 0 unspecified atom stereocenters. The normalized spacial score (nSPS) is 14.8. The van der Waals surface area contributed by atoms with E-state index in [-0.39, 0.29) is 10.7 Å². The molecule has 0 spiro atoms.